The van der Waals surface area contributed by atoms with Crippen LogP contribution in [0.15, 0.2) is 24.3 Å². The molecule has 3 N–H and O–H groups in total. The van der Waals surface area contributed by atoms with Gasteiger partial charge in [0.15, 0.2) is 0 Å². The molecule has 0 aliphatic rings. The number of aryl methyl sites for hydroxylation is 1. The average molecular weight is 264 g/mol. The van der Waals surface area contributed by atoms with Crippen LogP contribution in [-0.2, 0) is 16.0 Å². The van der Waals surface area contributed by atoms with Gasteiger partial charge in [0.2, 0.25) is 5.91 Å². The first-order chi connectivity index (χ1) is 8.85. The molecule has 1 rings (SSSR count). The minimum atomic E-state index is -1.12. The first-order valence-electron chi connectivity index (χ1n) is 6.22. The van der Waals surface area contributed by atoms with Crippen molar-refractivity contribution in [2.75, 3.05) is 11.9 Å². The van der Waals surface area contributed by atoms with Crippen LogP contribution in [-0.4, -0.2) is 29.1 Å². The Morgan fingerprint density at radius 2 is 2.00 bits per heavy atom. The van der Waals surface area contributed by atoms with E-state index < -0.39 is 11.5 Å². The molecule has 1 amide bonds. The molecule has 1 aromatic rings. The first kappa shape index (κ1) is 15.2. The van der Waals surface area contributed by atoms with Crippen molar-refractivity contribution < 1.29 is 14.7 Å². The molecule has 5 heteroatoms. The van der Waals surface area contributed by atoms with Gasteiger partial charge in [0.1, 0.15) is 5.54 Å². The lowest BCUT2D eigenvalue weighted by Gasteiger charge is -2.20. The molecule has 0 aromatic heterocycles. The number of nitrogens with one attached hydrogen (secondary N) is 2. The molecule has 104 valence electrons. The highest BCUT2D eigenvalue weighted by Gasteiger charge is 2.26. The summed E-state index contributed by atoms with van der Waals surface area (Å²) >= 11 is 0. The molecule has 0 bridgehead atoms. The van der Waals surface area contributed by atoms with Crippen LogP contribution in [0.1, 0.15) is 26.3 Å². The summed E-state index contributed by atoms with van der Waals surface area (Å²) in [5, 5.41) is 14.3. The number of carbonyl (C=O) groups is 2. The smallest absolute Gasteiger partial charge is 0.323 e. The van der Waals surface area contributed by atoms with Crippen LogP contribution in [0.5, 0.6) is 0 Å². The summed E-state index contributed by atoms with van der Waals surface area (Å²) in [7, 11) is 0. The molecule has 0 saturated heterocycles. The van der Waals surface area contributed by atoms with E-state index in [1.54, 1.807) is 6.07 Å². The van der Waals surface area contributed by atoms with Gasteiger partial charge in [-0.3, -0.25) is 14.9 Å². The summed E-state index contributed by atoms with van der Waals surface area (Å²) < 4.78 is 0. The zero-order valence-electron chi connectivity index (χ0n) is 11.5. The maximum atomic E-state index is 11.7. The molecule has 0 atom stereocenters. The number of carboxylic acids is 1. The predicted octanol–water partition coefficient (Wildman–Crippen LogP) is 1.64. The van der Waals surface area contributed by atoms with Gasteiger partial charge in [-0.15, -0.1) is 0 Å². The number of anilines is 1. The van der Waals surface area contributed by atoms with Crippen molar-refractivity contribution in [1.82, 2.24) is 5.32 Å². The van der Waals surface area contributed by atoms with Crippen molar-refractivity contribution in [3.63, 3.8) is 0 Å². The van der Waals surface area contributed by atoms with E-state index in [-0.39, 0.29) is 12.5 Å². The SMILES string of the molecule is CCc1cccc(NC(=O)CNC(C)(C)C(=O)O)c1. The summed E-state index contributed by atoms with van der Waals surface area (Å²) in [5.74, 6) is -1.25. The average Bonchev–Trinajstić information content (AvgIpc) is 2.36. The topological polar surface area (TPSA) is 78.4 Å². The molecule has 0 radical (unpaired) electrons. The fourth-order valence-corrected chi connectivity index (χ4v) is 1.45. The van der Waals surface area contributed by atoms with Crippen molar-refractivity contribution in [2.24, 2.45) is 0 Å². The van der Waals surface area contributed by atoms with Crippen LogP contribution in [0.3, 0.4) is 0 Å². The Bertz CT molecular complexity index is 470. The lowest BCUT2D eigenvalue weighted by molar-refractivity contribution is -0.143. The summed E-state index contributed by atoms with van der Waals surface area (Å²) in [6.45, 7) is 5.02. The summed E-state index contributed by atoms with van der Waals surface area (Å²) in [6, 6.07) is 7.57. The largest absolute Gasteiger partial charge is 0.480 e. The van der Waals surface area contributed by atoms with Gasteiger partial charge in [0, 0.05) is 5.69 Å². The van der Waals surface area contributed by atoms with Crippen molar-refractivity contribution in [2.45, 2.75) is 32.7 Å². The van der Waals surface area contributed by atoms with E-state index in [2.05, 4.69) is 10.6 Å². The van der Waals surface area contributed by atoms with Gasteiger partial charge < -0.3 is 10.4 Å². The van der Waals surface area contributed by atoms with Crippen LogP contribution in [0, 0.1) is 0 Å². The zero-order valence-corrected chi connectivity index (χ0v) is 11.5. The lowest BCUT2D eigenvalue weighted by Crippen LogP contribution is -2.49. The third-order valence-electron chi connectivity index (χ3n) is 2.84. The fourth-order valence-electron chi connectivity index (χ4n) is 1.45. The van der Waals surface area contributed by atoms with Gasteiger partial charge in [-0.1, -0.05) is 19.1 Å². The van der Waals surface area contributed by atoms with Crippen molar-refractivity contribution in [3.05, 3.63) is 29.8 Å². The molecule has 0 spiro atoms. The maximum absolute atomic E-state index is 11.7. The van der Waals surface area contributed by atoms with Gasteiger partial charge in [0.05, 0.1) is 6.54 Å². The highest BCUT2D eigenvalue weighted by atomic mass is 16.4. The number of carboxylic acid groups (broad SMARTS) is 1. The number of rotatable bonds is 6. The second-order valence-corrected chi connectivity index (χ2v) is 4.89. The van der Waals surface area contributed by atoms with Crippen LogP contribution < -0.4 is 10.6 Å². The van der Waals surface area contributed by atoms with Crippen molar-refractivity contribution in [1.29, 1.82) is 0 Å². The molecule has 0 aliphatic heterocycles. The van der Waals surface area contributed by atoms with E-state index in [1.807, 2.05) is 25.1 Å². The van der Waals surface area contributed by atoms with E-state index in [1.165, 1.54) is 13.8 Å². The van der Waals surface area contributed by atoms with Crippen LogP contribution in [0.25, 0.3) is 0 Å². The van der Waals surface area contributed by atoms with Crippen molar-refractivity contribution >= 4 is 17.6 Å². The van der Waals surface area contributed by atoms with E-state index >= 15 is 0 Å². The monoisotopic (exact) mass is 264 g/mol. The Morgan fingerprint density at radius 1 is 1.32 bits per heavy atom. The summed E-state index contributed by atoms with van der Waals surface area (Å²) in [6.07, 6.45) is 0.897. The second kappa shape index (κ2) is 6.33. The third kappa shape index (κ3) is 4.71. The molecule has 0 unspecified atom stereocenters. The standard InChI is InChI=1S/C14H20N2O3/c1-4-10-6-5-7-11(8-10)16-12(17)9-15-14(2,3)13(18)19/h5-8,15H,4,9H2,1-3H3,(H,16,17)(H,18,19). The van der Waals surface area contributed by atoms with E-state index in [4.69, 9.17) is 5.11 Å². The van der Waals surface area contributed by atoms with E-state index in [0.717, 1.165) is 17.7 Å². The molecule has 19 heavy (non-hydrogen) atoms. The van der Waals surface area contributed by atoms with E-state index in [9.17, 15) is 9.59 Å². The molecule has 0 aliphatic carbocycles. The molecule has 0 fully saturated rings. The first-order valence-corrected chi connectivity index (χ1v) is 6.22. The van der Waals surface area contributed by atoms with Gasteiger partial charge in [0.25, 0.3) is 0 Å². The van der Waals surface area contributed by atoms with Crippen LogP contribution in [0.4, 0.5) is 5.69 Å². The normalized spacial score (nSPS) is 11.1. The molecular weight excluding hydrogens is 244 g/mol. The predicted molar refractivity (Wildman–Crippen MR) is 74.2 cm³/mol. The number of carbonyl (C=O) groups excluding carboxylic acids is 1. The number of hydrogen-bond donors (Lipinski definition) is 3. The molecule has 1 aromatic carbocycles. The highest BCUT2D eigenvalue weighted by Crippen LogP contribution is 2.11. The second-order valence-electron chi connectivity index (χ2n) is 4.89. The number of hydrogen-bond acceptors (Lipinski definition) is 3. The minimum Gasteiger partial charge on any atom is -0.480 e. The molecule has 0 saturated carbocycles. The van der Waals surface area contributed by atoms with Crippen LogP contribution in [0.2, 0.25) is 0 Å². The highest BCUT2D eigenvalue weighted by molar-refractivity contribution is 5.92. The third-order valence-corrected chi connectivity index (χ3v) is 2.84. The zero-order chi connectivity index (χ0) is 14.5. The number of benzene rings is 1. The van der Waals surface area contributed by atoms with E-state index in [0.29, 0.717) is 0 Å². The Labute approximate surface area is 113 Å². The molecule has 5 nitrogen and oxygen atoms in total. The quantitative estimate of drug-likeness (QED) is 0.730. The number of amides is 1. The fraction of sp³-hybridized carbons (Fsp3) is 0.429. The molecule has 0 heterocycles. The maximum Gasteiger partial charge on any atom is 0.323 e. The minimum absolute atomic E-state index is 0.0460. The summed E-state index contributed by atoms with van der Waals surface area (Å²) in [4.78, 5) is 22.6. The Kier molecular flexibility index (Phi) is 5.06. The van der Waals surface area contributed by atoms with Gasteiger partial charge in [-0.2, -0.15) is 0 Å². The van der Waals surface area contributed by atoms with Gasteiger partial charge >= 0.3 is 5.97 Å². The lowest BCUT2D eigenvalue weighted by atomic mass is 10.1. The number of aliphatic carboxylic acids is 1. The van der Waals surface area contributed by atoms with Gasteiger partial charge in [-0.05, 0) is 38.0 Å². The summed E-state index contributed by atoms with van der Waals surface area (Å²) in [5.41, 5.74) is 0.735. The van der Waals surface area contributed by atoms with Crippen LogP contribution >= 0.6 is 0 Å². The Balaban J connectivity index is 2.54. The Morgan fingerprint density at radius 3 is 2.58 bits per heavy atom. The van der Waals surface area contributed by atoms with Gasteiger partial charge in [-0.25, -0.2) is 0 Å². The van der Waals surface area contributed by atoms with Crippen molar-refractivity contribution in [3.8, 4) is 0 Å². The Hall–Kier alpha value is -1.88. The molecular formula is C14H20N2O3.